The molecule has 1 fully saturated rings. The van der Waals surface area contributed by atoms with E-state index < -0.39 is 0 Å². The van der Waals surface area contributed by atoms with E-state index in [-0.39, 0.29) is 0 Å². The second-order valence-corrected chi connectivity index (χ2v) is 7.67. The minimum atomic E-state index is 0.785. The Labute approximate surface area is 155 Å². The smallest absolute Gasteiger partial charge is 0.226 e. The van der Waals surface area contributed by atoms with Crippen molar-refractivity contribution in [3.63, 3.8) is 0 Å². The second-order valence-electron chi connectivity index (χ2n) is 7.67. The zero-order valence-corrected chi connectivity index (χ0v) is 16.4. The highest BCUT2D eigenvalue weighted by Crippen LogP contribution is 2.26. The number of aryl methyl sites for hydroxylation is 3. The number of fused-ring (bicyclic) bond motifs is 1. The predicted octanol–water partition coefficient (Wildman–Crippen LogP) is 1.40. The van der Waals surface area contributed by atoms with E-state index in [1.165, 1.54) is 29.8 Å². The average Bonchev–Trinajstić information content (AvgIpc) is 3.17. The summed E-state index contributed by atoms with van der Waals surface area (Å²) in [6, 6.07) is 2.09. The van der Waals surface area contributed by atoms with Crippen molar-refractivity contribution in [1.82, 2.24) is 24.6 Å². The standard InChI is InChI=1S/C19H29N7/c1-14-12-18(21-19(20-14)23(2)3)26-10-8-25(9-11-26)13-17-15-6-5-7-16(15)22-24(17)4/h12H,5-11,13H2,1-4H3. The van der Waals surface area contributed by atoms with Crippen LogP contribution in [0.3, 0.4) is 0 Å². The van der Waals surface area contributed by atoms with E-state index in [0.717, 1.165) is 56.6 Å². The molecule has 0 spiro atoms. The maximum atomic E-state index is 4.73. The number of piperazine rings is 1. The Kier molecular flexibility index (Phi) is 4.56. The van der Waals surface area contributed by atoms with Gasteiger partial charge in [0.1, 0.15) is 5.82 Å². The summed E-state index contributed by atoms with van der Waals surface area (Å²) >= 11 is 0. The molecule has 1 saturated heterocycles. The van der Waals surface area contributed by atoms with Gasteiger partial charge in [-0.15, -0.1) is 0 Å². The molecule has 0 radical (unpaired) electrons. The van der Waals surface area contributed by atoms with Crippen molar-refractivity contribution in [2.24, 2.45) is 7.05 Å². The zero-order chi connectivity index (χ0) is 18.3. The molecule has 2 aromatic heterocycles. The largest absolute Gasteiger partial charge is 0.354 e. The summed E-state index contributed by atoms with van der Waals surface area (Å²) < 4.78 is 2.10. The van der Waals surface area contributed by atoms with Crippen LogP contribution in [0.2, 0.25) is 0 Å². The third-order valence-electron chi connectivity index (χ3n) is 5.50. The highest BCUT2D eigenvalue weighted by Gasteiger charge is 2.24. The Hall–Kier alpha value is -2.15. The van der Waals surface area contributed by atoms with Crippen molar-refractivity contribution < 1.29 is 0 Å². The van der Waals surface area contributed by atoms with E-state index in [1.54, 1.807) is 0 Å². The van der Waals surface area contributed by atoms with Crippen molar-refractivity contribution in [3.8, 4) is 0 Å². The average molecular weight is 355 g/mol. The third kappa shape index (κ3) is 3.28. The lowest BCUT2D eigenvalue weighted by Gasteiger charge is -2.35. The Morgan fingerprint density at radius 3 is 2.58 bits per heavy atom. The van der Waals surface area contributed by atoms with Gasteiger partial charge in [-0.1, -0.05) is 0 Å². The van der Waals surface area contributed by atoms with Gasteiger partial charge in [0, 0.05) is 65.6 Å². The number of rotatable bonds is 4. The van der Waals surface area contributed by atoms with Crippen LogP contribution in [0, 0.1) is 6.92 Å². The molecule has 4 rings (SSSR count). The SMILES string of the molecule is Cc1cc(N2CCN(Cc3c4c(nn3C)CCC4)CC2)nc(N(C)C)n1. The summed E-state index contributed by atoms with van der Waals surface area (Å²) in [7, 11) is 6.07. The summed E-state index contributed by atoms with van der Waals surface area (Å²) in [5.41, 5.74) is 5.27. The molecule has 26 heavy (non-hydrogen) atoms. The van der Waals surface area contributed by atoms with Gasteiger partial charge in [-0.3, -0.25) is 9.58 Å². The maximum absolute atomic E-state index is 4.73. The van der Waals surface area contributed by atoms with Gasteiger partial charge in [0.25, 0.3) is 0 Å². The summed E-state index contributed by atoms with van der Waals surface area (Å²) in [5.74, 6) is 1.83. The van der Waals surface area contributed by atoms with Crippen LogP contribution in [0.5, 0.6) is 0 Å². The first-order chi connectivity index (χ1) is 12.5. The molecule has 2 aliphatic rings. The first-order valence-electron chi connectivity index (χ1n) is 9.55. The van der Waals surface area contributed by atoms with E-state index in [2.05, 4.69) is 32.6 Å². The summed E-state index contributed by atoms with van der Waals surface area (Å²) in [4.78, 5) is 16.1. The number of anilines is 2. The van der Waals surface area contributed by atoms with Gasteiger partial charge in [-0.2, -0.15) is 10.1 Å². The fourth-order valence-corrected chi connectivity index (χ4v) is 4.03. The maximum Gasteiger partial charge on any atom is 0.226 e. The number of aromatic nitrogens is 4. The Bertz CT molecular complexity index is 787. The number of hydrogen-bond donors (Lipinski definition) is 0. The molecule has 0 saturated carbocycles. The van der Waals surface area contributed by atoms with Crippen LogP contribution in [0.4, 0.5) is 11.8 Å². The van der Waals surface area contributed by atoms with Crippen LogP contribution in [0.1, 0.15) is 29.1 Å². The highest BCUT2D eigenvalue weighted by atomic mass is 15.3. The lowest BCUT2D eigenvalue weighted by molar-refractivity contribution is 0.242. The molecular weight excluding hydrogens is 326 g/mol. The first kappa shape index (κ1) is 17.3. The fraction of sp³-hybridized carbons (Fsp3) is 0.632. The van der Waals surface area contributed by atoms with Crippen LogP contribution >= 0.6 is 0 Å². The van der Waals surface area contributed by atoms with Crippen molar-refractivity contribution in [1.29, 1.82) is 0 Å². The molecule has 1 aliphatic heterocycles. The normalized spacial score (nSPS) is 17.6. The summed E-state index contributed by atoms with van der Waals surface area (Å²) in [5, 5.41) is 4.71. The zero-order valence-electron chi connectivity index (χ0n) is 16.4. The Balaban J connectivity index is 1.42. The summed E-state index contributed by atoms with van der Waals surface area (Å²) in [6.45, 7) is 7.17. The van der Waals surface area contributed by atoms with Gasteiger partial charge in [-0.05, 0) is 31.7 Å². The quantitative estimate of drug-likeness (QED) is 0.826. The molecular formula is C19H29N7. The van der Waals surface area contributed by atoms with E-state index in [1.807, 2.05) is 25.9 Å². The molecule has 0 atom stereocenters. The minimum Gasteiger partial charge on any atom is -0.354 e. The predicted molar refractivity (Wildman–Crippen MR) is 104 cm³/mol. The topological polar surface area (TPSA) is 53.3 Å². The molecule has 0 aromatic carbocycles. The number of nitrogens with zero attached hydrogens (tertiary/aromatic N) is 7. The Morgan fingerprint density at radius 1 is 1.08 bits per heavy atom. The van der Waals surface area contributed by atoms with Gasteiger partial charge in [0.15, 0.2) is 0 Å². The summed E-state index contributed by atoms with van der Waals surface area (Å²) in [6.07, 6.45) is 3.62. The number of hydrogen-bond acceptors (Lipinski definition) is 6. The van der Waals surface area contributed by atoms with Crippen molar-refractivity contribution in [2.75, 3.05) is 50.1 Å². The molecule has 0 amide bonds. The molecule has 140 valence electrons. The van der Waals surface area contributed by atoms with E-state index in [4.69, 9.17) is 10.1 Å². The van der Waals surface area contributed by atoms with Crippen LogP contribution < -0.4 is 9.80 Å². The van der Waals surface area contributed by atoms with Gasteiger partial charge < -0.3 is 9.80 Å². The van der Waals surface area contributed by atoms with E-state index in [9.17, 15) is 0 Å². The molecule has 1 aliphatic carbocycles. The minimum absolute atomic E-state index is 0.785. The van der Waals surface area contributed by atoms with Crippen LogP contribution in [-0.2, 0) is 26.4 Å². The lowest BCUT2D eigenvalue weighted by atomic mass is 10.2. The fourth-order valence-electron chi connectivity index (χ4n) is 4.03. The molecule has 3 heterocycles. The molecule has 7 heteroatoms. The van der Waals surface area contributed by atoms with Gasteiger partial charge in [0.05, 0.1) is 11.4 Å². The molecule has 0 unspecified atom stereocenters. The first-order valence-corrected chi connectivity index (χ1v) is 9.55. The van der Waals surface area contributed by atoms with Gasteiger partial charge >= 0.3 is 0 Å². The van der Waals surface area contributed by atoms with Crippen LogP contribution in [0.15, 0.2) is 6.07 Å². The molecule has 0 N–H and O–H groups in total. The van der Waals surface area contributed by atoms with Crippen LogP contribution in [-0.4, -0.2) is 64.9 Å². The molecule has 0 bridgehead atoms. The van der Waals surface area contributed by atoms with Gasteiger partial charge in [0.2, 0.25) is 5.95 Å². The monoisotopic (exact) mass is 355 g/mol. The molecule has 7 nitrogen and oxygen atoms in total. The van der Waals surface area contributed by atoms with Gasteiger partial charge in [-0.25, -0.2) is 4.98 Å². The van der Waals surface area contributed by atoms with Crippen molar-refractivity contribution >= 4 is 11.8 Å². The Morgan fingerprint density at radius 2 is 1.85 bits per heavy atom. The lowest BCUT2D eigenvalue weighted by Crippen LogP contribution is -2.46. The van der Waals surface area contributed by atoms with Crippen molar-refractivity contribution in [3.05, 3.63) is 28.7 Å². The third-order valence-corrected chi connectivity index (χ3v) is 5.50. The highest BCUT2D eigenvalue weighted by molar-refractivity contribution is 5.45. The van der Waals surface area contributed by atoms with E-state index in [0.29, 0.717) is 0 Å². The van der Waals surface area contributed by atoms with Crippen LogP contribution in [0.25, 0.3) is 0 Å². The second kappa shape index (κ2) is 6.87. The van der Waals surface area contributed by atoms with Crippen molar-refractivity contribution in [2.45, 2.75) is 32.7 Å². The van der Waals surface area contributed by atoms with E-state index >= 15 is 0 Å². The molecule has 2 aromatic rings.